The number of hydrogen-bond acceptors (Lipinski definition) is 5. The quantitative estimate of drug-likeness (QED) is 0.193. The van der Waals surface area contributed by atoms with Crippen molar-refractivity contribution in [3.63, 3.8) is 0 Å². The second-order valence-corrected chi connectivity index (χ2v) is 8.72. The van der Waals surface area contributed by atoms with E-state index in [-0.39, 0.29) is 16.2 Å². The highest BCUT2D eigenvalue weighted by Gasteiger charge is 2.34. The highest BCUT2D eigenvalue weighted by Crippen LogP contribution is 2.29. The number of nitrogens with zero attached hydrogens (tertiary/aromatic N) is 1. The number of carbonyl (C=O) groups excluding carboxylic acids is 2. The van der Waals surface area contributed by atoms with Crippen LogP contribution in [0.2, 0.25) is 0 Å². The van der Waals surface area contributed by atoms with Gasteiger partial charge >= 0.3 is 5.97 Å². The van der Waals surface area contributed by atoms with Gasteiger partial charge in [0.2, 0.25) is 0 Å². The molecule has 1 aliphatic rings. The van der Waals surface area contributed by atoms with Gasteiger partial charge in [-0.15, -0.1) is 0 Å². The number of ether oxygens (including phenoxy) is 1. The molecule has 1 fully saturated rings. The first-order valence-electron chi connectivity index (χ1n) is 11.6. The smallest absolute Gasteiger partial charge is 0.335 e. The molecule has 2 amide bonds. The Morgan fingerprint density at radius 1 is 0.816 bits per heavy atom. The molecule has 0 atom stereocenters. The number of aromatic carboxylic acids is 1. The Morgan fingerprint density at radius 3 is 2.13 bits per heavy atom. The fourth-order valence-electron chi connectivity index (χ4n) is 4.01. The monoisotopic (exact) mass is 520 g/mol. The molecule has 8 heteroatoms. The van der Waals surface area contributed by atoms with Gasteiger partial charge in [0, 0.05) is 0 Å². The van der Waals surface area contributed by atoms with Gasteiger partial charge in [-0.3, -0.25) is 19.8 Å². The van der Waals surface area contributed by atoms with E-state index in [0.29, 0.717) is 22.7 Å². The summed E-state index contributed by atoms with van der Waals surface area (Å²) in [5.74, 6) is -0.925. The summed E-state index contributed by atoms with van der Waals surface area (Å²) in [4.78, 5) is 38.8. The molecule has 0 spiro atoms. The topological polar surface area (TPSA) is 95.9 Å². The number of nitrogens with one attached hydrogen (secondary N) is 1. The second kappa shape index (κ2) is 10.5. The molecule has 7 nitrogen and oxygen atoms in total. The van der Waals surface area contributed by atoms with Crippen LogP contribution in [0.5, 0.6) is 11.5 Å². The van der Waals surface area contributed by atoms with E-state index >= 15 is 0 Å². The van der Waals surface area contributed by atoms with Crippen molar-refractivity contribution < 1.29 is 24.2 Å². The number of thiocarbonyl (C=S) groups is 1. The van der Waals surface area contributed by atoms with Gasteiger partial charge in [0.1, 0.15) is 17.1 Å². The minimum Gasteiger partial charge on any atom is -0.478 e. The van der Waals surface area contributed by atoms with Crippen LogP contribution in [0.25, 0.3) is 17.2 Å². The molecule has 4 aromatic rings. The van der Waals surface area contributed by atoms with E-state index in [1.807, 2.05) is 42.5 Å². The number of amides is 2. The molecule has 0 bridgehead atoms. The normalized spacial score (nSPS) is 14.4. The lowest BCUT2D eigenvalue weighted by molar-refractivity contribution is -0.122. The lowest BCUT2D eigenvalue weighted by atomic mass is 9.96. The number of carbonyl (C=O) groups is 3. The van der Waals surface area contributed by atoms with Crippen LogP contribution in [0.15, 0.2) is 109 Å². The third-order valence-electron chi connectivity index (χ3n) is 5.88. The highest BCUT2D eigenvalue weighted by atomic mass is 32.1. The van der Waals surface area contributed by atoms with Crippen molar-refractivity contribution >= 4 is 46.9 Å². The summed E-state index contributed by atoms with van der Waals surface area (Å²) >= 11 is 5.32. The molecule has 5 rings (SSSR count). The van der Waals surface area contributed by atoms with Crippen molar-refractivity contribution in [2.75, 3.05) is 4.90 Å². The van der Waals surface area contributed by atoms with Crippen LogP contribution in [-0.2, 0) is 9.59 Å². The van der Waals surface area contributed by atoms with E-state index < -0.39 is 17.8 Å². The molecule has 1 aliphatic heterocycles. The minimum atomic E-state index is -1.02. The van der Waals surface area contributed by atoms with E-state index in [1.165, 1.54) is 23.1 Å². The average molecular weight is 521 g/mol. The Bertz CT molecular complexity index is 1580. The van der Waals surface area contributed by atoms with Crippen molar-refractivity contribution in [3.8, 4) is 22.6 Å². The van der Waals surface area contributed by atoms with Gasteiger partial charge in [-0.2, -0.15) is 0 Å². The number of anilines is 1. The van der Waals surface area contributed by atoms with Gasteiger partial charge in [0.25, 0.3) is 11.8 Å². The summed E-state index contributed by atoms with van der Waals surface area (Å²) in [6.45, 7) is 0. The van der Waals surface area contributed by atoms with Crippen LogP contribution in [0.1, 0.15) is 15.9 Å². The maximum Gasteiger partial charge on any atom is 0.335 e. The molecule has 0 aliphatic carbocycles. The van der Waals surface area contributed by atoms with Gasteiger partial charge in [-0.1, -0.05) is 54.6 Å². The van der Waals surface area contributed by atoms with Crippen molar-refractivity contribution in [3.05, 3.63) is 120 Å². The number of hydrogen-bond donors (Lipinski definition) is 2. The van der Waals surface area contributed by atoms with Crippen LogP contribution in [0.4, 0.5) is 5.69 Å². The molecule has 0 radical (unpaired) electrons. The van der Waals surface area contributed by atoms with E-state index in [9.17, 15) is 19.5 Å². The lowest BCUT2D eigenvalue weighted by Crippen LogP contribution is -2.54. The van der Waals surface area contributed by atoms with Crippen molar-refractivity contribution in [2.24, 2.45) is 0 Å². The zero-order valence-electron chi connectivity index (χ0n) is 19.8. The number of para-hydroxylation sites is 1. The fourth-order valence-corrected chi connectivity index (χ4v) is 4.29. The lowest BCUT2D eigenvalue weighted by Gasteiger charge is -2.29. The Labute approximate surface area is 223 Å². The molecule has 186 valence electrons. The van der Waals surface area contributed by atoms with Crippen molar-refractivity contribution in [1.29, 1.82) is 0 Å². The fraction of sp³-hybridized carbons (Fsp3) is 0. The molecular weight excluding hydrogens is 500 g/mol. The SMILES string of the molecule is O=C1NC(=S)N(c2ccc(Oc3ccccc3)cc2)C(=O)C1=Cc1ccccc1-c1ccc(C(=O)O)cc1. The van der Waals surface area contributed by atoms with Crippen LogP contribution < -0.4 is 15.0 Å². The van der Waals surface area contributed by atoms with E-state index in [0.717, 1.165) is 11.1 Å². The van der Waals surface area contributed by atoms with Crippen LogP contribution >= 0.6 is 12.2 Å². The van der Waals surface area contributed by atoms with Gasteiger partial charge < -0.3 is 9.84 Å². The first kappa shape index (κ1) is 24.6. The summed E-state index contributed by atoms with van der Waals surface area (Å²) in [5.41, 5.74) is 2.65. The molecule has 2 N–H and O–H groups in total. The van der Waals surface area contributed by atoms with Gasteiger partial charge in [-0.25, -0.2) is 4.79 Å². The Hall–Kier alpha value is -5.08. The summed E-state index contributed by atoms with van der Waals surface area (Å²) in [5, 5.41) is 11.8. The second-order valence-electron chi connectivity index (χ2n) is 8.34. The standard InChI is InChI=1S/C30H20N2O5S/c33-27-26(18-21-6-4-5-9-25(21)19-10-12-20(13-11-19)29(35)36)28(34)32(30(38)31-27)22-14-16-24(17-15-22)37-23-7-2-1-3-8-23/h1-18H,(H,35,36)(H,31,33,38). The van der Waals surface area contributed by atoms with Crippen molar-refractivity contribution in [1.82, 2.24) is 5.32 Å². The third kappa shape index (κ3) is 5.07. The average Bonchev–Trinajstić information content (AvgIpc) is 2.93. The molecule has 0 saturated carbocycles. The maximum atomic E-state index is 13.5. The van der Waals surface area contributed by atoms with Crippen LogP contribution in [0, 0.1) is 0 Å². The number of carboxylic acids is 1. The molecule has 1 heterocycles. The zero-order chi connectivity index (χ0) is 26.6. The minimum absolute atomic E-state index is 0.0218. The summed E-state index contributed by atoms with van der Waals surface area (Å²) in [6.07, 6.45) is 1.51. The zero-order valence-corrected chi connectivity index (χ0v) is 20.6. The first-order chi connectivity index (χ1) is 18.4. The summed E-state index contributed by atoms with van der Waals surface area (Å²) in [6, 6.07) is 29.7. The van der Waals surface area contributed by atoms with Gasteiger partial charge in [0.05, 0.1) is 11.3 Å². The predicted octanol–water partition coefficient (Wildman–Crippen LogP) is 5.68. The molecule has 38 heavy (non-hydrogen) atoms. The van der Waals surface area contributed by atoms with E-state index in [1.54, 1.807) is 48.5 Å². The molecule has 0 unspecified atom stereocenters. The van der Waals surface area contributed by atoms with Gasteiger partial charge in [-0.05, 0) is 83.5 Å². The molecule has 0 aromatic heterocycles. The number of carboxylic acid groups (broad SMARTS) is 1. The highest BCUT2D eigenvalue weighted by molar-refractivity contribution is 7.80. The molecule has 1 saturated heterocycles. The van der Waals surface area contributed by atoms with Gasteiger partial charge in [0.15, 0.2) is 5.11 Å². The summed E-state index contributed by atoms with van der Waals surface area (Å²) in [7, 11) is 0. The van der Waals surface area contributed by atoms with Crippen molar-refractivity contribution in [2.45, 2.75) is 0 Å². The summed E-state index contributed by atoms with van der Waals surface area (Å²) < 4.78 is 5.82. The third-order valence-corrected chi connectivity index (χ3v) is 6.16. The Balaban J connectivity index is 1.45. The number of rotatable bonds is 6. The molecule has 4 aromatic carbocycles. The maximum absolute atomic E-state index is 13.5. The number of benzene rings is 4. The Kier molecular flexibility index (Phi) is 6.80. The first-order valence-corrected chi connectivity index (χ1v) is 12.0. The predicted molar refractivity (Wildman–Crippen MR) is 148 cm³/mol. The van der Waals surface area contributed by atoms with Crippen LogP contribution in [-0.4, -0.2) is 28.0 Å². The molecular formula is C30H20N2O5S. The van der Waals surface area contributed by atoms with Crippen LogP contribution in [0.3, 0.4) is 0 Å². The van der Waals surface area contributed by atoms with E-state index in [4.69, 9.17) is 17.0 Å². The Morgan fingerprint density at radius 2 is 1.45 bits per heavy atom. The van der Waals surface area contributed by atoms with E-state index in [2.05, 4.69) is 5.32 Å². The largest absolute Gasteiger partial charge is 0.478 e.